The zero-order valence-corrected chi connectivity index (χ0v) is 15.4. The molecule has 0 aromatic heterocycles. The zero-order valence-electron chi connectivity index (χ0n) is 13.0. The number of rotatable bonds is 6. The number of halogens is 1. The number of aliphatic hydroxyl groups excluding tert-OH is 1. The molecule has 1 rings (SSSR count). The molecule has 0 heterocycles. The van der Waals surface area contributed by atoms with Crippen molar-refractivity contribution in [1.82, 2.24) is 4.90 Å². The van der Waals surface area contributed by atoms with E-state index in [0.717, 1.165) is 5.56 Å². The maximum absolute atomic E-state index is 12.4. The summed E-state index contributed by atoms with van der Waals surface area (Å²) in [5.41, 5.74) is 0.831. The molecule has 7 heteroatoms. The van der Waals surface area contributed by atoms with E-state index in [2.05, 4.69) is 15.9 Å². The Kier molecular flexibility index (Phi) is 6.58. The molecular formula is C15H22BrNO4S. The van der Waals surface area contributed by atoms with E-state index in [9.17, 15) is 13.2 Å². The van der Waals surface area contributed by atoms with E-state index in [1.807, 2.05) is 30.3 Å². The van der Waals surface area contributed by atoms with Crippen LogP contribution in [-0.2, 0) is 21.2 Å². The van der Waals surface area contributed by atoms with Crippen LogP contribution >= 0.6 is 15.9 Å². The fourth-order valence-electron chi connectivity index (χ4n) is 1.67. The molecule has 1 atom stereocenters. The maximum Gasteiger partial charge on any atom is 0.239 e. The Morgan fingerprint density at radius 3 is 2.27 bits per heavy atom. The van der Waals surface area contributed by atoms with Crippen molar-refractivity contribution in [3.8, 4) is 0 Å². The van der Waals surface area contributed by atoms with Crippen LogP contribution in [-0.4, -0.2) is 46.4 Å². The predicted octanol–water partition coefficient (Wildman–Crippen LogP) is 1.94. The number of benzene rings is 1. The lowest BCUT2D eigenvalue weighted by Gasteiger charge is -2.28. The van der Waals surface area contributed by atoms with Crippen LogP contribution in [0, 0.1) is 0 Å². The van der Waals surface area contributed by atoms with Crippen LogP contribution in [0.1, 0.15) is 26.3 Å². The van der Waals surface area contributed by atoms with Crippen LogP contribution in [0.5, 0.6) is 0 Å². The summed E-state index contributed by atoms with van der Waals surface area (Å²) >= 11 is 3.08. The van der Waals surface area contributed by atoms with Gasteiger partial charge in [0.1, 0.15) is 10.7 Å². The largest absolute Gasteiger partial charge is 0.395 e. The molecule has 1 N–H and O–H groups in total. The number of sulfone groups is 1. The van der Waals surface area contributed by atoms with E-state index in [0.29, 0.717) is 0 Å². The van der Waals surface area contributed by atoms with Gasteiger partial charge in [0.2, 0.25) is 5.91 Å². The standard InChI is InChI=1S/C15H22BrNO4S/c1-15(2,3)22(20,21)11-17(14(19)13(16)10-18)9-12-7-5-4-6-8-12/h4-8,13,18H,9-11H2,1-3H3. The van der Waals surface area contributed by atoms with Gasteiger partial charge in [0, 0.05) is 6.54 Å². The van der Waals surface area contributed by atoms with Gasteiger partial charge in [-0.05, 0) is 26.3 Å². The lowest BCUT2D eigenvalue weighted by atomic mass is 10.2. The fourth-order valence-corrected chi connectivity index (χ4v) is 2.97. The Hall–Kier alpha value is -0.920. The van der Waals surface area contributed by atoms with E-state index in [-0.39, 0.29) is 19.0 Å². The lowest BCUT2D eigenvalue weighted by Crippen LogP contribution is -2.44. The second kappa shape index (κ2) is 7.57. The van der Waals surface area contributed by atoms with Crippen LogP contribution in [0.2, 0.25) is 0 Å². The minimum Gasteiger partial charge on any atom is -0.395 e. The fraction of sp³-hybridized carbons (Fsp3) is 0.533. The van der Waals surface area contributed by atoms with E-state index in [4.69, 9.17) is 5.11 Å². The molecule has 5 nitrogen and oxygen atoms in total. The summed E-state index contributed by atoms with van der Waals surface area (Å²) in [6.45, 7) is 4.60. The predicted molar refractivity (Wildman–Crippen MR) is 90.3 cm³/mol. The van der Waals surface area contributed by atoms with Crippen molar-refractivity contribution in [2.24, 2.45) is 0 Å². The first kappa shape index (κ1) is 19.1. The Bertz CT molecular complexity index is 596. The van der Waals surface area contributed by atoms with Gasteiger partial charge in [-0.1, -0.05) is 46.3 Å². The van der Waals surface area contributed by atoms with Gasteiger partial charge in [0.15, 0.2) is 9.84 Å². The quantitative estimate of drug-likeness (QED) is 0.751. The van der Waals surface area contributed by atoms with Crippen LogP contribution < -0.4 is 0 Å². The molecular weight excluding hydrogens is 370 g/mol. The molecule has 0 radical (unpaired) electrons. The number of amides is 1. The van der Waals surface area contributed by atoms with Crippen molar-refractivity contribution < 1.29 is 18.3 Å². The Morgan fingerprint density at radius 2 is 1.82 bits per heavy atom. The topological polar surface area (TPSA) is 74.7 Å². The van der Waals surface area contributed by atoms with Gasteiger partial charge in [0.05, 0.1) is 11.4 Å². The number of aliphatic hydroxyl groups is 1. The van der Waals surface area contributed by atoms with E-state index in [1.54, 1.807) is 20.8 Å². The first-order valence-electron chi connectivity index (χ1n) is 6.88. The molecule has 0 saturated carbocycles. The number of nitrogens with zero attached hydrogens (tertiary/aromatic N) is 1. The summed E-state index contributed by atoms with van der Waals surface area (Å²) in [6, 6.07) is 9.16. The number of carbonyl (C=O) groups excluding carboxylic acids is 1. The molecule has 0 fully saturated rings. The second-order valence-electron chi connectivity index (χ2n) is 6.03. The van der Waals surface area contributed by atoms with Crippen molar-refractivity contribution in [3.05, 3.63) is 35.9 Å². The SMILES string of the molecule is CC(C)(C)S(=O)(=O)CN(Cc1ccccc1)C(=O)C(Br)CO. The molecule has 124 valence electrons. The minimum absolute atomic E-state index is 0.178. The molecule has 0 bridgehead atoms. The van der Waals surface area contributed by atoms with Gasteiger partial charge >= 0.3 is 0 Å². The zero-order chi connectivity index (χ0) is 17.0. The summed E-state index contributed by atoms with van der Waals surface area (Å²) in [7, 11) is -3.50. The number of carbonyl (C=O) groups is 1. The van der Waals surface area contributed by atoms with Crippen molar-refractivity contribution in [2.75, 3.05) is 12.5 Å². The summed E-state index contributed by atoms with van der Waals surface area (Å²) in [6.07, 6.45) is 0. The average Bonchev–Trinajstić information content (AvgIpc) is 2.44. The second-order valence-corrected chi connectivity index (χ2v) is 9.85. The smallest absolute Gasteiger partial charge is 0.239 e. The molecule has 0 aliphatic carbocycles. The molecule has 1 aromatic carbocycles. The highest BCUT2D eigenvalue weighted by molar-refractivity contribution is 9.10. The van der Waals surface area contributed by atoms with Gasteiger partial charge in [-0.25, -0.2) is 8.42 Å². The Labute approximate surface area is 140 Å². The maximum atomic E-state index is 12.4. The van der Waals surface area contributed by atoms with Crippen LogP contribution in [0.4, 0.5) is 0 Å². The van der Waals surface area contributed by atoms with E-state index >= 15 is 0 Å². The van der Waals surface area contributed by atoms with E-state index in [1.165, 1.54) is 4.90 Å². The highest BCUT2D eigenvalue weighted by Gasteiger charge is 2.33. The normalized spacial score (nSPS) is 13.7. The monoisotopic (exact) mass is 391 g/mol. The highest BCUT2D eigenvalue weighted by atomic mass is 79.9. The summed E-state index contributed by atoms with van der Waals surface area (Å²) in [4.78, 5) is 12.8. The number of alkyl halides is 1. The molecule has 0 aliphatic heterocycles. The van der Waals surface area contributed by atoms with Crippen LogP contribution in [0.25, 0.3) is 0 Å². The van der Waals surface area contributed by atoms with Gasteiger partial charge < -0.3 is 10.0 Å². The summed E-state index contributed by atoms with van der Waals surface area (Å²) < 4.78 is 23.8. The lowest BCUT2D eigenvalue weighted by molar-refractivity contribution is -0.130. The first-order valence-corrected chi connectivity index (χ1v) is 9.45. The molecule has 1 aromatic rings. The van der Waals surface area contributed by atoms with Gasteiger partial charge in [0.25, 0.3) is 0 Å². The molecule has 22 heavy (non-hydrogen) atoms. The van der Waals surface area contributed by atoms with Crippen molar-refractivity contribution >= 4 is 31.7 Å². The summed E-state index contributed by atoms with van der Waals surface area (Å²) in [5.74, 6) is -0.828. The van der Waals surface area contributed by atoms with Crippen molar-refractivity contribution in [1.29, 1.82) is 0 Å². The highest BCUT2D eigenvalue weighted by Crippen LogP contribution is 2.20. The molecule has 0 aliphatic rings. The third-order valence-corrected chi connectivity index (χ3v) is 6.41. The first-order chi connectivity index (χ1) is 10.1. The van der Waals surface area contributed by atoms with Crippen molar-refractivity contribution in [3.63, 3.8) is 0 Å². The van der Waals surface area contributed by atoms with Gasteiger partial charge in [-0.3, -0.25) is 4.79 Å². The minimum atomic E-state index is -3.50. The summed E-state index contributed by atoms with van der Waals surface area (Å²) in [5, 5.41) is 9.13. The van der Waals surface area contributed by atoms with Crippen molar-refractivity contribution in [2.45, 2.75) is 36.9 Å². The van der Waals surface area contributed by atoms with E-state index < -0.39 is 25.3 Å². The number of hydrogen-bond acceptors (Lipinski definition) is 4. The van der Waals surface area contributed by atoms with Gasteiger partial charge in [-0.15, -0.1) is 0 Å². The third kappa shape index (κ3) is 5.07. The molecule has 1 amide bonds. The van der Waals surface area contributed by atoms with Gasteiger partial charge in [-0.2, -0.15) is 0 Å². The molecule has 0 saturated heterocycles. The average molecular weight is 392 g/mol. The van der Waals surface area contributed by atoms with Crippen LogP contribution in [0.3, 0.4) is 0 Å². The third-order valence-electron chi connectivity index (χ3n) is 3.21. The number of hydrogen-bond donors (Lipinski definition) is 1. The van der Waals surface area contributed by atoms with Crippen LogP contribution in [0.15, 0.2) is 30.3 Å². The Balaban J connectivity index is 3.05. The molecule has 1 unspecified atom stereocenters. The Morgan fingerprint density at radius 1 is 1.27 bits per heavy atom. The molecule has 0 spiro atoms.